The predicted octanol–water partition coefficient (Wildman–Crippen LogP) is -1.92. The average molecular weight is 200 g/mol. The SMILES string of the molecule is CN=C(N)N(C)N.O=S(=O)(O)O. The molecule has 0 saturated heterocycles. The van der Waals surface area contributed by atoms with Gasteiger partial charge in [0, 0.05) is 14.1 Å². The molecular weight excluding hydrogens is 188 g/mol. The lowest BCUT2D eigenvalue weighted by atomic mass is 10.9. The molecule has 12 heavy (non-hydrogen) atoms. The maximum Gasteiger partial charge on any atom is 0.394 e. The van der Waals surface area contributed by atoms with Crippen LogP contribution in [0.15, 0.2) is 4.99 Å². The van der Waals surface area contributed by atoms with Gasteiger partial charge in [-0.3, -0.25) is 19.1 Å². The normalized spacial score (nSPS) is 11.6. The second-order valence-electron chi connectivity index (χ2n) is 1.64. The minimum Gasteiger partial charge on any atom is -0.369 e. The van der Waals surface area contributed by atoms with Crippen molar-refractivity contribution in [2.45, 2.75) is 0 Å². The van der Waals surface area contributed by atoms with Crippen molar-refractivity contribution in [2.75, 3.05) is 14.1 Å². The van der Waals surface area contributed by atoms with Crippen LogP contribution in [0, 0.1) is 0 Å². The van der Waals surface area contributed by atoms with Crippen LogP contribution in [-0.2, 0) is 10.4 Å². The highest BCUT2D eigenvalue weighted by Crippen LogP contribution is 1.63. The van der Waals surface area contributed by atoms with Crippen molar-refractivity contribution in [2.24, 2.45) is 16.6 Å². The fraction of sp³-hybridized carbons (Fsp3) is 0.667. The largest absolute Gasteiger partial charge is 0.394 e. The van der Waals surface area contributed by atoms with Crippen LogP contribution in [-0.4, -0.2) is 42.6 Å². The van der Waals surface area contributed by atoms with Gasteiger partial charge >= 0.3 is 10.4 Å². The first-order valence-electron chi connectivity index (χ1n) is 2.59. The molecule has 0 aliphatic carbocycles. The van der Waals surface area contributed by atoms with Gasteiger partial charge in [0.25, 0.3) is 0 Å². The molecule has 74 valence electrons. The number of hydrogen-bond donors (Lipinski definition) is 4. The molecule has 0 atom stereocenters. The Labute approximate surface area is 70.4 Å². The maximum absolute atomic E-state index is 8.74. The van der Waals surface area contributed by atoms with Crippen molar-refractivity contribution in [1.82, 2.24) is 5.01 Å². The first kappa shape index (κ1) is 13.7. The number of aliphatic imine (C=N–C) groups is 1. The van der Waals surface area contributed by atoms with Crippen molar-refractivity contribution in [3.8, 4) is 0 Å². The van der Waals surface area contributed by atoms with Crippen LogP contribution in [0.3, 0.4) is 0 Å². The lowest BCUT2D eigenvalue weighted by Gasteiger charge is -2.07. The summed E-state index contributed by atoms with van der Waals surface area (Å²) in [6.07, 6.45) is 0. The van der Waals surface area contributed by atoms with E-state index in [1.807, 2.05) is 0 Å². The van der Waals surface area contributed by atoms with Crippen LogP contribution in [0.5, 0.6) is 0 Å². The van der Waals surface area contributed by atoms with E-state index in [2.05, 4.69) is 4.99 Å². The molecule has 0 aromatic carbocycles. The van der Waals surface area contributed by atoms with Crippen molar-refractivity contribution in [1.29, 1.82) is 0 Å². The highest BCUT2D eigenvalue weighted by atomic mass is 32.3. The predicted molar refractivity (Wildman–Crippen MR) is 43.7 cm³/mol. The van der Waals surface area contributed by atoms with Gasteiger partial charge in [0.1, 0.15) is 0 Å². The van der Waals surface area contributed by atoms with Crippen LogP contribution in [0.25, 0.3) is 0 Å². The zero-order valence-electron chi connectivity index (χ0n) is 6.67. The summed E-state index contributed by atoms with van der Waals surface area (Å²) in [4.78, 5) is 3.58. The van der Waals surface area contributed by atoms with Gasteiger partial charge in [-0.1, -0.05) is 0 Å². The Morgan fingerprint density at radius 1 is 1.50 bits per heavy atom. The fourth-order valence-electron chi connectivity index (χ4n) is 0.158. The molecule has 9 heteroatoms. The van der Waals surface area contributed by atoms with Crippen molar-refractivity contribution in [3.63, 3.8) is 0 Å². The third-order valence-electron chi connectivity index (χ3n) is 0.590. The smallest absolute Gasteiger partial charge is 0.369 e. The second-order valence-corrected chi connectivity index (χ2v) is 2.54. The molecular formula is C3H12N4O4S. The fourth-order valence-corrected chi connectivity index (χ4v) is 0.158. The van der Waals surface area contributed by atoms with Gasteiger partial charge in [0.05, 0.1) is 0 Å². The van der Waals surface area contributed by atoms with E-state index >= 15 is 0 Å². The van der Waals surface area contributed by atoms with E-state index in [0.29, 0.717) is 5.96 Å². The molecule has 0 aliphatic rings. The first-order valence-corrected chi connectivity index (χ1v) is 3.98. The van der Waals surface area contributed by atoms with Crippen molar-refractivity contribution < 1.29 is 17.5 Å². The van der Waals surface area contributed by atoms with Gasteiger partial charge in [0.15, 0.2) is 0 Å². The zero-order valence-corrected chi connectivity index (χ0v) is 7.48. The summed E-state index contributed by atoms with van der Waals surface area (Å²) in [5.41, 5.74) is 5.17. The van der Waals surface area contributed by atoms with E-state index in [-0.39, 0.29) is 0 Å². The minimum atomic E-state index is -4.67. The summed E-state index contributed by atoms with van der Waals surface area (Å²) in [6, 6.07) is 0. The molecule has 0 amide bonds. The third kappa shape index (κ3) is 23.0. The van der Waals surface area contributed by atoms with E-state index in [0.717, 1.165) is 0 Å². The molecule has 0 saturated carbocycles. The quantitative estimate of drug-likeness (QED) is 0.117. The molecule has 0 aromatic heterocycles. The molecule has 6 N–H and O–H groups in total. The Bertz CT molecular complexity index is 225. The summed E-state index contributed by atoms with van der Waals surface area (Å²) in [6.45, 7) is 0. The Balaban J connectivity index is 0. The number of nitrogens with zero attached hydrogens (tertiary/aromatic N) is 2. The number of guanidine groups is 1. The summed E-state index contributed by atoms with van der Waals surface area (Å²) in [7, 11) is -1.46. The highest BCUT2D eigenvalue weighted by Gasteiger charge is 1.86. The summed E-state index contributed by atoms with van der Waals surface area (Å²) in [5.74, 6) is 5.46. The van der Waals surface area contributed by atoms with Crippen LogP contribution in [0.2, 0.25) is 0 Å². The summed E-state index contributed by atoms with van der Waals surface area (Å²) in [5, 5.41) is 1.25. The molecule has 0 aromatic rings. The zero-order chi connectivity index (χ0) is 10.4. The standard InChI is InChI=1S/C3H10N4.H2O4S/c1-6-3(4)7(2)5;1-5(2,3)4/h5H2,1-2H3,(H2,4,6);(H2,1,2,3,4). The number of nitrogens with two attached hydrogens (primary N) is 2. The molecule has 0 heterocycles. The van der Waals surface area contributed by atoms with Gasteiger partial charge in [-0.2, -0.15) is 8.42 Å². The molecule has 0 rings (SSSR count). The van der Waals surface area contributed by atoms with E-state index in [1.54, 1.807) is 14.1 Å². The van der Waals surface area contributed by atoms with Crippen LogP contribution in [0.1, 0.15) is 0 Å². The van der Waals surface area contributed by atoms with Crippen LogP contribution >= 0.6 is 0 Å². The molecule has 0 unspecified atom stereocenters. The third-order valence-corrected chi connectivity index (χ3v) is 0.590. The Morgan fingerprint density at radius 3 is 1.75 bits per heavy atom. The number of hydrogen-bond acceptors (Lipinski definition) is 4. The average Bonchev–Trinajstić information content (AvgIpc) is 1.82. The van der Waals surface area contributed by atoms with E-state index < -0.39 is 10.4 Å². The Kier molecular flexibility index (Phi) is 6.51. The number of hydrazine groups is 1. The summed E-state index contributed by atoms with van der Waals surface area (Å²) >= 11 is 0. The molecule has 0 spiro atoms. The molecule has 0 fully saturated rings. The van der Waals surface area contributed by atoms with Crippen molar-refractivity contribution in [3.05, 3.63) is 0 Å². The molecule has 8 nitrogen and oxygen atoms in total. The van der Waals surface area contributed by atoms with Gasteiger partial charge in [-0.05, 0) is 0 Å². The van der Waals surface area contributed by atoms with Crippen molar-refractivity contribution >= 4 is 16.4 Å². The van der Waals surface area contributed by atoms with Gasteiger partial charge in [0.2, 0.25) is 5.96 Å². The monoisotopic (exact) mass is 200 g/mol. The van der Waals surface area contributed by atoms with E-state index in [4.69, 9.17) is 29.1 Å². The maximum atomic E-state index is 8.74. The summed E-state index contributed by atoms with van der Waals surface area (Å²) < 4.78 is 31.6. The lowest BCUT2D eigenvalue weighted by molar-refractivity contribution is 0.381. The second kappa shape index (κ2) is 5.71. The van der Waals surface area contributed by atoms with E-state index in [1.165, 1.54) is 5.01 Å². The van der Waals surface area contributed by atoms with Gasteiger partial charge < -0.3 is 5.73 Å². The highest BCUT2D eigenvalue weighted by molar-refractivity contribution is 7.79. The van der Waals surface area contributed by atoms with Gasteiger partial charge in [-0.25, -0.2) is 5.84 Å². The molecule has 0 aliphatic heterocycles. The topological polar surface area (TPSA) is 142 Å². The van der Waals surface area contributed by atoms with Crippen LogP contribution in [0.4, 0.5) is 0 Å². The Hall–Kier alpha value is -0.900. The lowest BCUT2D eigenvalue weighted by Crippen LogP contribution is -2.39. The number of rotatable bonds is 0. The molecule has 0 bridgehead atoms. The van der Waals surface area contributed by atoms with Gasteiger partial charge in [-0.15, -0.1) is 0 Å². The first-order chi connectivity index (χ1) is 5.18. The minimum absolute atomic E-state index is 0.333. The van der Waals surface area contributed by atoms with E-state index in [9.17, 15) is 0 Å². The Morgan fingerprint density at radius 2 is 1.75 bits per heavy atom. The molecule has 0 radical (unpaired) electrons. The van der Waals surface area contributed by atoms with Crippen LogP contribution < -0.4 is 11.6 Å².